The molecule has 0 saturated heterocycles. The maximum Gasteiger partial charge on any atom is 0.248 e. The van der Waals surface area contributed by atoms with Gasteiger partial charge in [-0.05, 0) is 43.6 Å². The van der Waals surface area contributed by atoms with Gasteiger partial charge in [-0.1, -0.05) is 19.4 Å². The van der Waals surface area contributed by atoms with Crippen LogP contribution >= 0.6 is 0 Å². The molecule has 2 aliphatic carbocycles. The average molecular weight is 246 g/mol. The van der Waals surface area contributed by atoms with E-state index in [-0.39, 0.29) is 5.56 Å². The monoisotopic (exact) mass is 246 g/mol. The minimum Gasteiger partial charge on any atom is -0.326 e. The fraction of sp³-hybridized carbons (Fsp3) is 0.667. The SMILES string of the molecule is CC1CCCC1NC1CCCc2[nH]c(=O)ccc21. The van der Waals surface area contributed by atoms with Gasteiger partial charge in [0.2, 0.25) is 5.56 Å². The molecule has 3 rings (SSSR count). The Hall–Kier alpha value is -1.09. The highest BCUT2D eigenvalue weighted by atomic mass is 16.1. The molecule has 3 nitrogen and oxygen atoms in total. The maximum atomic E-state index is 11.4. The minimum absolute atomic E-state index is 0.0311. The normalized spacial score (nSPS) is 31.3. The van der Waals surface area contributed by atoms with E-state index in [1.54, 1.807) is 6.07 Å². The molecule has 0 aromatic carbocycles. The van der Waals surface area contributed by atoms with E-state index < -0.39 is 0 Å². The standard InChI is InChI=1S/C15H22N2O/c1-10-4-2-5-12(10)16-13-6-3-7-14-11(13)8-9-15(18)17-14/h8-10,12-13,16H,2-7H2,1H3,(H,17,18). The van der Waals surface area contributed by atoms with Gasteiger partial charge in [-0.25, -0.2) is 0 Å². The van der Waals surface area contributed by atoms with Gasteiger partial charge in [-0.3, -0.25) is 4.79 Å². The van der Waals surface area contributed by atoms with Crippen LogP contribution in [-0.4, -0.2) is 11.0 Å². The Morgan fingerprint density at radius 3 is 2.89 bits per heavy atom. The molecule has 98 valence electrons. The lowest BCUT2D eigenvalue weighted by molar-refractivity contribution is 0.348. The first-order chi connectivity index (χ1) is 8.74. The second kappa shape index (κ2) is 4.88. The third-order valence-corrected chi connectivity index (χ3v) is 4.61. The molecule has 0 radical (unpaired) electrons. The van der Waals surface area contributed by atoms with Crippen molar-refractivity contribution in [2.45, 2.75) is 57.5 Å². The van der Waals surface area contributed by atoms with E-state index in [0.29, 0.717) is 12.1 Å². The number of aryl methyl sites for hydroxylation is 1. The van der Waals surface area contributed by atoms with Crippen molar-refractivity contribution in [2.75, 3.05) is 0 Å². The van der Waals surface area contributed by atoms with Crippen LogP contribution in [-0.2, 0) is 6.42 Å². The van der Waals surface area contributed by atoms with Crippen molar-refractivity contribution in [3.8, 4) is 0 Å². The summed E-state index contributed by atoms with van der Waals surface area (Å²) in [6.45, 7) is 2.35. The van der Waals surface area contributed by atoms with Crippen LogP contribution < -0.4 is 10.9 Å². The molecule has 0 spiro atoms. The Balaban J connectivity index is 1.80. The van der Waals surface area contributed by atoms with Gasteiger partial charge in [0.1, 0.15) is 0 Å². The number of H-pyrrole nitrogens is 1. The van der Waals surface area contributed by atoms with Crippen LogP contribution in [0.3, 0.4) is 0 Å². The summed E-state index contributed by atoms with van der Waals surface area (Å²) in [6, 6.07) is 4.78. The lowest BCUT2D eigenvalue weighted by Crippen LogP contribution is -2.36. The van der Waals surface area contributed by atoms with Crippen molar-refractivity contribution in [3.63, 3.8) is 0 Å². The zero-order valence-corrected chi connectivity index (χ0v) is 11.0. The fourth-order valence-electron chi connectivity index (χ4n) is 3.52. The van der Waals surface area contributed by atoms with Crippen LogP contribution in [0.25, 0.3) is 0 Å². The largest absolute Gasteiger partial charge is 0.326 e. The van der Waals surface area contributed by atoms with Gasteiger partial charge in [-0.15, -0.1) is 0 Å². The zero-order valence-electron chi connectivity index (χ0n) is 11.0. The van der Waals surface area contributed by atoms with E-state index >= 15 is 0 Å². The molecule has 3 unspecified atom stereocenters. The molecule has 2 aliphatic rings. The van der Waals surface area contributed by atoms with E-state index in [2.05, 4.69) is 17.2 Å². The molecule has 1 fully saturated rings. The molecule has 0 amide bonds. The summed E-state index contributed by atoms with van der Waals surface area (Å²) in [7, 11) is 0. The van der Waals surface area contributed by atoms with Crippen LogP contribution in [0.4, 0.5) is 0 Å². The van der Waals surface area contributed by atoms with Crippen LogP contribution in [0.1, 0.15) is 56.3 Å². The van der Waals surface area contributed by atoms with Crippen LogP contribution in [0.15, 0.2) is 16.9 Å². The number of aromatic nitrogens is 1. The second-order valence-corrected chi connectivity index (χ2v) is 5.88. The average Bonchev–Trinajstić information content (AvgIpc) is 2.75. The number of rotatable bonds is 2. The van der Waals surface area contributed by atoms with E-state index in [1.807, 2.05) is 6.07 Å². The summed E-state index contributed by atoms with van der Waals surface area (Å²) in [5.74, 6) is 0.790. The van der Waals surface area contributed by atoms with Gasteiger partial charge in [0.25, 0.3) is 0 Å². The summed E-state index contributed by atoms with van der Waals surface area (Å²) < 4.78 is 0. The number of pyridine rings is 1. The number of hydrogen-bond acceptors (Lipinski definition) is 2. The predicted octanol–water partition coefficient (Wildman–Crippen LogP) is 2.53. The Morgan fingerprint density at radius 1 is 1.22 bits per heavy atom. The van der Waals surface area contributed by atoms with Crippen molar-refractivity contribution in [2.24, 2.45) is 5.92 Å². The molecule has 1 heterocycles. The van der Waals surface area contributed by atoms with Crippen molar-refractivity contribution in [3.05, 3.63) is 33.7 Å². The summed E-state index contributed by atoms with van der Waals surface area (Å²) in [5, 5.41) is 3.82. The summed E-state index contributed by atoms with van der Waals surface area (Å²) in [4.78, 5) is 14.4. The Kier molecular flexibility index (Phi) is 3.25. The van der Waals surface area contributed by atoms with Gasteiger partial charge in [0.15, 0.2) is 0 Å². The summed E-state index contributed by atoms with van der Waals surface area (Å²) in [6.07, 6.45) is 7.39. The van der Waals surface area contributed by atoms with Crippen LogP contribution in [0, 0.1) is 5.92 Å². The highest BCUT2D eigenvalue weighted by Crippen LogP contribution is 2.32. The van der Waals surface area contributed by atoms with Crippen molar-refractivity contribution < 1.29 is 0 Å². The Bertz CT molecular complexity index is 480. The Morgan fingerprint density at radius 2 is 2.11 bits per heavy atom. The first kappa shape index (κ1) is 12.0. The topological polar surface area (TPSA) is 44.9 Å². The number of aromatic amines is 1. The molecule has 3 atom stereocenters. The molecule has 1 saturated carbocycles. The third-order valence-electron chi connectivity index (χ3n) is 4.61. The molecule has 3 heteroatoms. The molecular weight excluding hydrogens is 224 g/mol. The van der Waals surface area contributed by atoms with Gasteiger partial charge in [-0.2, -0.15) is 0 Å². The lowest BCUT2D eigenvalue weighted by Gasteiger charge is -2.30. The number of hydrogen-bond donors (Lipinski definition) is 2. The predicted molar refractivity (Wildman–Crippen MR) is 72.7 cm³/mol. The van der Waals surface area contributed by atoms with E-state index in [1.165, 1.54) is 37.7 Å². The van der Waals surface area contributed by atoms with E-state index in [4.69, 9.17) is 0 Å². The second-order valence-electron chi connectivity index (χ2n) is 5.88. The lowest BCUT2D eigenvalue weighted by atomic mass is 9.90. The van der Waals surface area contributed by atoms with Gasteiger partial charge < -0.3 is 10.3 Å². The Labute approximate surface area is 108 Å². The van der Waals surface area contributed by atoms with Crippen LogP contribution in [0.5, 0.6) is 0 Å². The molecule has 2 N–H and O–H groups in total. The highest BCUT2D eigenvalue weighted by Gasteiger charge is 2.28. The molecule has 1 aromatic rings. The van der Waals surface area contributed by atoms with Gasteiger partial charge in [0, 0.05) is 23.8 Å². The zero-order chi connectivity index (χ0) is 12.5. The maximum absolute atomic E-state index is 11.4. The minimum atomic E-state index is 0.0311. The third kappa shape index (κ3) is 2.24. The smallest absolute Gasteiger partial charge is 0.248 e. The van der Waals surface area contributed by atoms with Crippen LogP contribution in [0.2, 0.25) is 0 Å². The molecular formula is C15H22N2O. The first-order valence-corrected chi connectivity index (χ1v) is 7.22. The summed E-state index contributed by atoms with van der Waals surface area (Å²) >= 11 is 0. The van der Waals surface area contributed by atoms with Crippen molar-refractivity contribution in [1.29, 1.82) is 0 Å². The van der Waals surface area contributed by atoms with Gasteiger partial charge >= 0.3 is 0 Å². The number of fused-ring (bicyclic) bond motifs is 1. The highest BCUT2D eigenvalue weighted by molar-refractivity contribution is 5.26. The quantitative estimate of drug-likeness (QED) is 0.842. The fourth-order valence-corrected chi connectivity index (χ4v) is 3.52. The summed E-state index contributed by atoms with van der Waals surface area (Å²) in [5.41, 5.74) is 2.50. The van der Waals surface area contributed by atoms with Gasteiger partial charge in [0.05, 0.1) is 0 Å². The molecule has 18 heavy (non-hydrogen) atoms. The number of nitrogens with one attached hydrogen (secondary N) is 2. The van der Waals surface area contributed by atoms with Crippen molar-refractivity contribution >= 4 is 0 Å². The molecule has 0 aliphatic heterocycles. The first-order valence-electron chi connectivity index (χ1n) is 7.22. The van der Waals surface area contributed by atoms with E-state index in [9.17, 15) is 4.79 Å². The molecule has 0 bridgehead atoms. The van der Waals surface area contributed by atoms with E-state index in [0.717, 1.165) is 18.0 Å². The molecule has 1 aromatic heterocycles. The van der Waals surface area contributed by atoms with Crippen molar-refractivity contribution in [1.82, 2.24) is 10.3 Å².